The predicted molar refractivity (Wildman–Crippen MR) is 61.1 cm³/mol. The van der Waals surface area contributed by atoms with Crippen molar-refractivity contribution in [1.82, 2.24) is 5.32 Å². The largest absolute Gasteiger partial charge is 0.353 e. The van der Waals surface area contributed by atoms with Crippen LogP contribution in [-0.2, 0) is 4.79 Å². The molecule has 0 aromatic carbocycles. The van der Waals surface area contributed by atoms with Gasteiger partial charge in [-0.15, -0.1) is 0 Å². The van der Waals surface area contributed by atoms with Gasteiger partial charge in [-0.1, -0.05) is 27.2 Å². The summed E-state index contributed by atoms with van der Waals surface area (Å²) in [5.41, 5.74) is 0. The maximum atomic E-state index is 11.6. The topological polar surface area (TPSA) is 52.9 Å². The highest BCUT2D eigenvalue weighted by molar-refractivity contribution is 5.81. The van der Waals surface area contributed by atoms with Gasteiger partial charge in [-0.25, -0.2) is 0 Å². The first kappa shape index (κ1) is 14.0. The fourth-order valence-electron chi connectivity index (χ4n) is 1.65. The molecule has 86 valence electrons. The standard InChI is InChI=1S/C12H22N2O/c1-5-6-11(8-13)12(15)14-10(4)7-9(2)3/h9-11H,5-7H2,1-4H3,(H,14,15). The second-order valence-corrected chi connectivity index (χ2v) is 4.51. The Hall–Kier alpha value is -1.04. The third kappa shape index (κ3) is 6.11. The second kappa shape index (κ2) is 7.28. The maximum absolute atomic E-state index is 11.6. The van der Waals surface area contributed by atoms with Crippen molar-refractivity contribution in [3.63, 3.8) is 0 Å². The van der Waals surface area contributed by atoms with E-state index in [1.165, 1.54) is 0 Å². The zero-order chi connectivity index (χ0) is 11.8. The van der Waals surface area contributed by atoms with E-state index in [9.17, 15) is 4.79 Å². The Morgan fingerprint density at radius 1 is 1.40 bits per heavy atom. The summed E-state index contributed by atoms with van der Waals surface area (Å²) in [5.74, 6) is -0.0378. The highest BCUT2D eigenvalue weighted by Gasteiger charge is 2.18. The maximum Gasteiger partial charge on any atom is 0.237 e. The number of amides is 1. The highest BCUT2D eigenvalue weighted by atomic mass is 16.1. The molecule has 2 atom stereocenters. The molecule has 15 heavy (non-hydrogen) atoms. The van der Waals surface area contributed by atoms with Gasteiger partial charge in [-0.2, -0.15) is 5.26 Å². The average molecular weight is 210 g/mol. The van der Waals surface area contributed by atoms with Gasteiger partial charge in [0.25, 0.3) is 0 Å². The molecule has 0 aliphatic heterocycles. The lowest BCUT2D eigenvalue weighted by atomic mass is 10.0. The number of carbonyl (C=O) groups excluding carboxylic acids is 1. The van der Waals surface area contributed by atoms with Gasteiger partial charge in [-0.3, -0.25) is 4.79 Å². The van der Waals surface area contributed by atoms with E-state index in [0.29, 0.717) is 12.3 Å². The smallest absolute Gasteiger partial charge is 0.237 e. The number of carbonyl (C=O) groups is 1. The number of hydrogen-bond acceptors (Lipinski definition) is 2. The second-order valence-electron chi connectivity index (χ2n) is 4.51. The fourth-order valence-corrected chi connectivity index (χ4v) is 1.65. The molecule has 3 nitrogen and oxygen atoms in total. The Balaban J connectivity index is 4.05. The van der Waals surface area contributed by atoms with Crippen LogP contribution in [0.15, 0.2) is 0 Å². The van der Waals surface area contributed by atoms with Crippen molar-refractivity contribution in [3.8, 4) is 6.07 Å². The minimum Gasteiger partial charge on any atom is -0.353 e. The summed E-state index contributed by atoms with van der Waals surface area (Å²) in [6, 6.07) is 2.21. The van der Waals surface area contributed by atoms with Crippen molar-refractivity contribution in [2.24, 2.45) is 11.8 Å². The predicted octanol–water partition coefficient (Wildman–Crippen LogP) is 2.48. The summed E-state index contributed by atoms with van der Waals surface area (Å²) in [4.78, 5) is 11.6. The number of nitriles is 1. The molecule has 0 spiro atoms. The van der Waals surface area contributed by atoms with Crippen LogP contribution in [0.5, 0.6) is 0 Å². The first-order chi connectivity index (χ1) is 7.01. The van der Waals surface area contributed by atoms with E-state index in [0.717, 1.165) is 12.8 Å². The van der Waals surface area contributed by atoms with Crippen LogP contribution in [0.25, 0.3) is 0 Å². The van der Waals surface area contributed by atoms with Crippen LogP contribution in [0, 0.1) is 23.2 Å². The van der Waals surface area contributed by atoms with Crippen molar-refractivity contribution < 1.29 is 4.79 Å². The molecule has 0 aliphatic rings. The summed E-state index contributed by atoms with van der Waals surface area (Å²) in [5, 5.41) is 11.7. The van der Waals surface area contributed by atoms with E-state index in [2.05, 4.69) is 19.2 Å². The van der Waals surface area contributed by atoms with Crippen molar-refractivity contribution in [1.29, 1.82) is 5.26 Å². The van der Waals surface area contributed by atoms with E-state index in [1.54, 1.807) is 0 Å². The molecule has 0 heterocycles. The summed E-state index contributed by atoms with van der Waals surface area (Å²) < 4.78 is 0. The summed E-state index contributed by atoms with van der Waals surface area (Å²) in [7, 11) is 0. The first-order valence-electron chi connectivity index (χ1n) is 5.71. The molecule has 0 aromatic rings. The summed E-state index contributed by atoms with van der Waals surface area (Å²) in [6.45, 7) is 8.21. The zero-order valence-corrected chi connectivity index (χ0v) is 10.2. The lowest BCUT2D eigenvalue weighted by molar-refractivity contribution is -0.124. The monoisotopic (exact) mass is 210 g/mol. The third-order valence-corrected chi connectivity index (χ3v) is 2.26. The first-order valence-corrected chi connectivity index (χ1v) is 5.71. The van der Waals surface area contributed by atoms with Crippen LogP contribution >= 0.6 is 0 Å². The molecule has 0 aliphatic carbocycles. The van der Waals surface area contributed by atoms with Crippen molar-refractivity contribution in [2.75, 3.05) is 0 Å². The van der Waals surface area contributed by atoms with E-state index in [-0.39, 0.29) is 11.9 Å². The quantitative estimate of drug-likeness (QED) is 0.732. The van der Waals surface area contributed by atoms with Crippen LogP contribution in [0.2, 0.25) is 0 Å². The van der Waals surface area contributed by atoms with Crippen LogP contribution in [0.3, 0.4) is 0 Å². The average Bonchev–Trinajstić information content (AvgIpc) is 2.12. The van der Waals surface area contributed by atoms with Crippen LogP contribution in [0.4, 0.5) is 0 Å². The molecule has 1 N–H and O–H groups in total. The summed E-state index contributed by atoms with van der Waals surface area (Å²) >= 11 is 0. The molecule has 2 unspecified atom stereocenters. The van der Waals surface area contributed by atoms with E-state index in [1.807, 2.05) is 19.9 Å². The molecular weight excluding hydrogens is 188 g/mol. The van der Waals surface area contributed by atoms with Gasteiger partial charge < -0.3 is 5.32 Å². The van der Waals surface area contributed by atoms with Gasteiger partial charge >= 0.3 is 0 Å². The van der Waals surface area contributed by atoms with E-state index < -0.39 is 5.92 Å². The van der Waals surface area contributed by atoms with Gasteiger partial charge in [0, 0.05) is 6.04 Å². The van der Waals surface area contributed by atoms with Gasteiger partial charge in [-0.05, 0) is 25.7 Å². The van der Waals surface area contributed by atoms with Crippen LogP contribution in [-0.4, -0.2) is 11.9 Å². The lowest BCUT2D eigenvalue weighted by Crippen LogP contribution is -2.37. The zero-order valence-electron chi connectivity index (χ0n) is 10.2. The van der Waals surface area contributed by atoms with Gasteiger partial charge in [0.1, 0.15) is 5.92 Å². The molecule has 0 rings (SSSR count). The Labute approximate surface area is 92.9 Å². The van der Waals surface area contributed by atoms with Gasteiger partial charge in [0.15, 0.2) is 0 Å². The van der Waals surface area contributed by atoms with Crippen molar-refractivity contribution in [3.05, 3.63) is 0 Å². The SMILES string of the molecule is CCCC(C#N)C(=O)NC(C)CC(C)C. The minimum absolute atomic E-state index is 0.118. The van der Waals surface area contributed by atoms with Gasteiger partial charge in [0.05, 0.1) is 6.07 Å². The van der Waals surface area contributed by atoms with E-state index >= 15 is 0 Å². The number of rotatable bonds is 6. The molecule has 0 bridgehead atoms. The number of nitrogens with one attached hydrogen (secondary N) is 1. The Bertz CT molecular complexity index is 230. The number of hydrogen-bond donors (Lipinski definition) is 1. The number of nitrogens with zero attached hydrogens (tertiary/aromatic N) is 1. The van der Waals surface area contributed by atoms with Crippen LogP contribution in [0.1, 0.15) is 47.0 Å². The Kier molecular flexibility index (Phi) is 6.77. The summed E-state index contributed by atoms with van der Waals surface area (Å²) in [6.07, 6.45) is 2.47. The Morgan fingerprint density at radius 3 is 2.40 bits per heavy atom. The fraction of sp³-hybridized carbons (Fsp3) is 0.833. The van der Waals surface area contributed by atoms with Crippen molar-refractivity contribution >= 4 is 5.91 Å². The molecule has 3 heteroatoms. The molecular formula is C12H22N2O. The van der Waals surface area contributed by atoms with Gasteiger partial charge in [0.2, 0.25) is 5.91 Å². The Morgan fingerprint density at radius 2 is 2.00 bits per heavy atom. The van der Waals surface area contributed by atoms with Crippen LogP contribution < -0.4 is 5.32 Å². The molecule has 0 saturated heterocycles. The normalized spacial score (nSPS) is 14.4. The van der Waals surface area contributed by atoms with E-state index in [4.69, 9.17) is 5.26 Å². The lowest BCUT2D eigenvalue weighted by Gasteiger charge is -2.17. The molecule has 1 amide bonds. The molecule has 0 radical (unpaired) electrons. The minimum atomic E-state index is -0.482. The highest BCUT2D eigenvalue weighted by Crippen LogP contribution is 2.08. The molecule has 0 aromatic heterocycles. The van der Waals surface area contributed by atoms with Crippen molar-refractivity contribution in [2.45, 2.75) is 53.0 Å². The third-order valence-electron chi connectivity index (χ3n) is 2.26. The molecule has 0 fully saturated rings. The molecule has 0 saturated carbocycles.